The third-order valence-electron chi connectivity index (χ3n) is 4.32. The number of amides is 1. The second-order valence-corrected chi connectivity index (χ2v) is 7.87. The maximum atomic E-state index is 13.9. The van der Waals surface area contributed by atoms with Gasteiger partial charge in [0.15, 0.2) is 11.6 Å². The molecule has 9 heteroatoms. The number of hydrogen-bond donors (Lipinski definition) is 1. The number of carbonyl (C=O) groups excluding carboxylic acids is 1. The van der Waals surface area contributed by atoms with E-state index in [0.29, 0.717) is 32.4 Å². The summed E-state index contributed by atoms with van der Waals surface area (Å²) in [6.45, 7) is 0.393. The van der Waals surface area contributed by atoms with Crippen LogP contribution in [0.15, 0.2) is 75.8 Å². The summed E-state index contributed by atoms with van der Waals surface area (Å²) in [7, 11) is 0. The molecule has 2 aromatic carbocycles. The molecule has 1 N–H and O–H groups in total. The molecule has 0 fully saturated rings. The van der Waals surface area contributed by atoms with Gasteiger partial charge in [0.25, 0.3) is 5.91 Å². The Labute approximate surface area is 190 Å². The molecule has 2 heterocycles. The number of benzene rings is 2. The first-order valence-corrected chi connectivity index (χ1v) is 10.4. The van der Waals surface area contributed by atoms with Gasteiger partial charge in [0.05, 0.1) is 11.0 Å². The summed E-state index contributed by atoms with van der Waals surface area (Å²) in [5, 5.41) is 7.59. The number of halogens is 3. The normalized spacial score (nSPS) is 10.8. The first kappa shape index (κ1) is 21.1. The van der Waals surface area contributed by atoms with E-state index in [1.165, 1.54) is 10.7 Å². The zero-order valence-electron chi connectivity index (χ0n) is 16.0. The molecule has 0 saturated heterocycles. The molecular weight excluding hydrogens is 489 g/mol. The molecule has 0 radical (unpaired) electrons. The van der Waals surface area contributed by atoms with Crippen molar-refractivity contribution >= 4 is 39.3 Å². The van der Waals surface area contributed by atoms with Gasteiger partial charge in [-0.2, -0.15) is 5.10 Å². The number of carbonyl (C=O) groups is 1. The highest BCUT2D eigenvalue weighted by molar-refractivity contribution is 9.10. The third-order valence-corrected chi connectivity index (χ3v) is 5.15. The number of nitrogens with zero attached hydrogens (tertiary/aromatic N) is 2. The van der Waals surface area contributed by atoms with Crippen LogP contribution in [0.3, 0.4) is 0 Å². The van der Waals surface area contributed by atoms with Gasteiger partial charge in [0.1, 0.15) is 23.9 Å². The number of anilines is 1. The zero-order chi connectivity index (χ0) is 21.8. The zero-order valence-corrected chi connectivity index (χ0v) is 18.4. The Morgan fingerprint density at radius 2 is 1.94 bits per heavy atom. The maximum absolute atomic E-state index is 13.9. The highest BCUT2D eigenvalue weighted by atomic mass is 79.9. The van der Waals surface area contributed by atoms with Crippen LogP contribution in [0.1, 0.15) is 21.9 Å². The summed E-state index contributed by atoms with van der Waals surface area (Å²) in [4.78, 5) is 12.5. The van der Waals surface area contributed by atoms with Crippen LogP contribution < -0.4 is 10.1 Å². The molecule has 0 unspecified atom stereocenters. The average molecular weight is 505 g/mol. The summed E-state index contributed by atoms with van der Waals surface area (Å²) >= 11 is 9.21. The van der Waals surface area contributed by atoms with E-state index in [1.54, 1.807) is 60.8 Å². The van der Waals surface area contributed by atoms with Crippen LogP contribution in [0.25, 0.3) is 0 Å². The van der Waals surface area contributed by atoms with Crippen molar-refractivity contribution in [3.05, 3.63) is 99.3 Å². The summed E-state index contributed by atoms with van der Waals surface area (Å²) < 4.78 is 27.1. The number of rotatable bonds is 7. The lowest BCUT2D eigenvalue weighted by Crippen LogP contribution is -2.12. The minimum atomic E-state index is -0.463. The third kappa shape index (κ3) is 5.34. The fourth-order valence-electron chi connectivity index (χ4n) is 2.80. The second kappa shape index (κ2) is 9.36. The van der Waals surface area contributed by atoms with Gasteiger partial charge in [-0.3, -0.25) is 9.48 Å². The van der Waals surface area contributed by atoms with E-state index in [-0.39, 0.29) is 24.7 Å². The van der Waals surface area contributed by atoms with Crippen LogP contribution in [0, 0.1) is 5.82 Å². The quantitative estimate of drug-likeness (QED) is 0.340. The molecule has 2 aromatic heterocycles. The fraction of sp³-hybridized carbons (Fsp3) is 0.0909. The topological polar surface area (TPSA) is 69.3 Å². The number of ether oxygens (including phenoxy) is 1. The van der Waals surface area contributed by atoms with Crippen molar-refractivity contribution in [1.29, 1.82) is 0 Å². The molecule has 0 saturated carbocycles. The van der Waals surface area contributed by atoms with Crippen molar-refractivity contribution in [1.82, 2.24) is 9.78 Å². The molecule has 0 aliphatic heterocycles. The van der Waals surface area contributed by atoms with Crippen LogP contribution in [-0.4, -0.2) is 15.7 Å². The Morgan fingerprint density at radius 3 is 2.71 bits per heavy atom. The summed E-state index contributed by atoms with van der Waals surface area (Å²) in [6, 6.07) is 16.6. The van der Waals surface area contributed by atoms with Crippen LogP contribution in [0.4, 0.5) is 10.2 Å². The Balaban J connectivity index is 1.38. The van der Waals surface area contributed by atoms with Crippen LogP contribution in [0.2, 0.25) is 5.02 Å². The van der Waals surface area contributed by atoms with Gasteiger partial charge in [0.2, 0.25) is 0 Å². The summed E-state index contributed by atoms with van der Waals surface area (Å²) in [6.07, 6.45) is 1.66. The van der Waals surface area contributed by atoms with E-state index in [1.807, 2.05) is 0 Å². The van der Waals surface area contributed by atoms with Gasteiger partial charge in [0, 0.05) is 16.8 Å². The Bertz CT molecular complexity index is 1210. The van der Waals surface area contributed by atoms with Gasteiger partial charge in [-0.15, -0.1) is 0 Å². The molecule has 0 aliphatic rings. The lowest BCUT2D eigenvalue weighted by Gasteiger charge is -2.04. The second-order valence-electron chi connectivity index (χ2n) is 6.58. The lowest BCUT2D eigenvalue weighted by atomic mass is 10.2. The van der Waals surface area contributed by atoms with Crippen molar-refractivity contribution in [2.45, 2.75) is 13.2 Å². The van der Waals surface area contributed by atoms with Crippen LogP contribution in [0.5, 0.6) is 5.75 Å². The first-order chi connectivity index (χ1) is 15.0. The first-order valence-electron chi connectivity index (χ1n) is 9.23. The molecule has 1 amide bonds. The average Bonchev–Trinajstić information content (AvgIpc) is 3.36. The summed E-state index contributed by atoms with van der Waals surface area (Å²) in [5.74, 6) is 0.764. The molecule has 158 valence electrons. The summed E-state index contributed by atoms with van der Waals surface area (Å²) in [5.41, 5.74) is 0.492. The molecule has 31 heavy (non-hydrogen) atoms. The number of furan rings is 1. The maximum Gasteiger partial charge on any atom is 0.292 e. The Morgan fingerprint density at radius 1 is 1.16 bits per heavy atom. The molecule has 0 spiro atoms. The largest absolute Gasteiger partial charge is 0.486 e. The molecule has 4 aromatic rings. The predicted molar refractivity (Wildman–Crippen MR) is 118 cm³/mol. The van der Waals surface area contributed by atoms with Crippen molar-refractivity contribution < 1.29 is 18.3 Å². The van der Waals surface area contributed by atoms with Crippen molar-refractivity contribution in [2.75, 3.05) is 5.32 Å². The van der Waals surface area contributed by atoms with E-state index in [9.17, 15) is 9.18 Å². The van der Waals surface area contributed by atoms with Crippen LogP contribution >= 0.6 is 27.5 Å². The Kier molecular flexibility index (Phi) is 6.39. The molecule has 0 aliphatic carbocycles. The predicted octanol–water partition coefficient (Wildman–Crippen LogP) is 5.91. The minimum Gasteiger partial charge on any atom is -0.486 e. The lowest BCUT2D eigenvalue weighted by molar-refractivity contribution is 0.0992. The molecule has 4 rings (SSSR count). The number of hydrogen-bond acceptors (Lipinski definition) is 4. The van der Waals surface area contributed by atoms with Crippen molar-refractivity contribution in [3.8, 4) is 5.75 Å². The van der Waals surface area contributed by atoms with Gasteiger partial charge in [-0.05, 0) is 58.4 Å². The molecule has 6 nitrogen and oxygen atoms in total. The van der Waals surface area contributed by atoms with E-state index in [4.69, 9.17) is 20.8 Å². The van der Waals surface area contributed by atoms with Gasteiger partial charge in [-0.1, -0.05) is 29.8 Å². The number of aromatic nitrogens is 2. The standard InChI is InChI=1S/C22H16BrClFN3O3/c23-18-12-28(11-14-3-1-2-4-19(14)25)27-21(18)26-22(29)20-10-9-17(31-20)13-30-16-7-5-15(24)6-8-16/h1-10,12H,11,13H2,(H,26,27,29). The minimum absolute atomic E-state index is 0.116. The number of nitrogens with one attached hydrogen (secondary N) is 1. The highest BCUT2D eigenvalue weighted by Crippen LogP contribution is 2.23. The van der Waals surface area contributed by atoms with Gasteiger partial charge >= 0.3 is 0 Å². The van der Waals surface area contributed by atoms with Gasteiger partial charge in [-0.25, -0.2) is 4.39 Å². The SMILES string of the molecule is O=C(Nc1nn(Cc2ccccc2F)cc1Br)c1ccc(COc2ccc(Cl)cc2)o1. The molecular formula is C22H16BrClFN3O3. The Hall–Kier alpha value is -3.10. The molecule has 0 bridgehead atoms. The van der Waals surface area contributed by atoms with E-state index < -0.39 is 5.91 Å². The fourth-order valence-corrected chi connectivity index (χ4v) is 3.34. The van der Waals surface area contributed by atoms with Crippen molar-refractivity contribution in [2.24, 2.45) is 0 Å². The monoisotopic (exact) mass is 503 g/mol. The van der Waals surface area contributed by atoms with Gasteiger partial charge < -0.3 is 14.5 Å². The van der Waals surface area contributed by atoms with E-state index >= 15 is 0 Å². The molecule has 0 atom stereocenters. The van der Waals surface area contributed by atoms with E-state index in [0.717, 1.165) is 0 Å². The van der Waals surface area contributed by atoms with E-state index in [2.05, 4.69) is 26.3 Å². The smallest absolute Gasteiger partial charge is 0.292 e. The highest BCUT2D eigenvalue weighted by Gasteiger charge is 2.16. The van der Waals surface area contributed by atoms with Crippen molar-refractivity contribution in [3.63, 3.8) is 0 Å². The van der Waals surface area contributed by atoms with Crippen LogP contribution in [-0.2, 0) is 13.2 Å².